The van der Waals surface area contributed by atoms with E-state index >= 15 is 0 Å². The molecule has 1 N–H and O–H groups in total. The van der Waals surface area contributed by atoms with Crippen molar-refractivity contribution in [1.82, 2.24) is 10.2 Å². The van der Waals surface area contributed by atoms with Gasteiger partial charge in [-0.1, -0.05) is 6.07 Å². The summed E-state index contributed by atoms with van der Waals surface area (Å²) in [5.41, 5.74) is 1.02. The first kappa shape index (κ1) is 22.3. The Bertz CT molecular complexity index is 912. The monoisotopic (exact) mass is 428 g/mol. The molecule has 1 aliphatic rings. The zero-order chi connectivity index (χ0) is 22.4. The lowest BCUT2D eigenvalue weighted by molar-refractivity contribution is 0.0697. The van der Waals surface area contributed by atoms with Gasteiger partial charge in [-0.3, -0.25) is 9.59 Å². The van der Waals surface area contributed by atoms with Crippen LogP contribution >= 0.6 is 0 Å². The average molecular weight is 428 g/mol. The lowest BCUT2D eigenvalue weighted by Gasteiger charge is -2.32. The maximum absolute atomic E-state index is 12.8. The van der Waals surface area contributed by atoms with E-state index in [2.05, 4.69) is 5.32 Å². The predicted molar refractivity (Wildman–Crippen MR) is 115 cm³/mol. The third-order valence-corrected chi connectivity index (χ3v) is 5.36. The predicted octanol–water partition coefficient (Wildman–Crippen LogP) is 2.76. The van der Waals surface area contributed by atoms with Gasteiger partial charge in [-0.15, -0.1) is 0 Å². The van der Waals surface area contributed by atoms with Gasteiger partial charge in [0, 0.05) is 30.3 Å². The Hall–Kier alpha value is -3.42. The number of amides is 2. The summed E-state index contributed by atoms with van der Waals surface area (Å²) in [7, 11) is 6.11. The van der Waals surface area contributed by atoms with E-state index in [-0.39, 0.29) is 17.9 Å². The Morgan fingerprint density at radius 3 is 2.06 bits per heavy atom. The number of nitrogens with one attached hydrogen (secondary N) is 1. The Labute approximate surface area is 182 Å². The molecule has 2 aromatic carbocycles. The molecule has 1 heterocycles. The number of likely N-dealkylation sites (tertiary alicyclic amines) is 1. The van der Waals surface area contributed by atoms with Crippen molar-refractivity contribution >= 4 is 11.8 Å². The van der Waals surface area contributed by atoms with E-state index < -0.39 is 0 Å². The highest BCUT2D eigenvalue weighted by Gasteiger charge is 2.26. The van der Waals surface area contributed by atoms with Crippen molar-refractivity contribution in [3.05, 3.63) is 47.5 Å². The molecule has 0 radical (unpaired) electrons. The molecular formula is C23H28N2O6. The molecule has 8 heteroatoms. The summed E-state index contributed by atoms with van der Waals surface area (Å²) in [4.78, 5) is 27.4. The van der Waals surface area contributed by atoms with Gasteiger partial charge >= 0.3 is 0 Å². The van der Waals surface area contributed by atoms with Crippen LogP contribution < -0.4 is 24.3 Å². The van der Waals surface area contributed by atoms with Crippen molar-refractivity contribution in [1.29, 1.82) is 0 Å². The number of hydrogen-bond acceptors (Lipinski definition) is 6. The van der Waals surface area contributed by atoms with Crippen molar-refractivity contribution in [2.75, 3.05) is 41.5 Å². The average Bonchev–Trinajstić information content (AvgIpc) is 2.82. The molecule has 0 unspecified atom stereocenters. The molecule has 0 atom stereocenters. The summed E-state index contributed by atoms with van der Waals surface area (Å²) in [6.07, 6.45) is 1.34. The quantitative estimate of drug-likeness (QED) is 0.730. The molecule has 0 spiro atoms. The second-order valence-electron chi connectivity index (χ2n) is 7.19. The summed E-state index contributed by atoms with van der Waals surface area (Å²) >= 11 is 0. The minimum Gasteiger partial charge on any atom is -0.497 e. The van der Waals surface area contributed by atoms with Crippen LogP contribution in [-0.4, -0.2) is 64.3 Å². The number of hydrogen-bond donors (Lipinski definition) is 1. The molecule has 0 saturated carbocycles. The number of rotatable bonds is 7. The molecule has 0 bridgehead atoms. The van der Waals surface area contributed by atoms with Gasteiger partial charge in [0.1, 0.15) is 5.75 Å². The Balaban J connectivity index is 1.62. The normalized spacial score (nSPS) is 14.0. The van der Waals surface area contributed by atoms with E-state index in [4.69, 9.17) is 18.9 Å². The highest BCUT2D eigenvalue weighted by atomic mass is 16.5. The maximum Gasteiger partial charge on any atom is 0.253 e. The van der Waals surface area contributed by atoms with Crippen molar-refractivity contribution in [3.63, 3.8) is 0 Å². The van der Waals surface area contributed by atoms with Crippen LogP contribution in [0.5, 0.6) is 23.0 Å². The van der Waals surface area contributed by atoms with Crippen molar-refractivity contribution in [2.45, 2.75) is 18.9 Å². The van der Waals surface area contributed by atoms with Crippen LogP contribution in [0.3, 0.4) is 0 Å². The van der Waals surface area contributed by atoms with Crippen LogP contribution in [0, 0.1) is 0 Å². The highest BCUT2D eigenvalue weighted by Crippen LogP contribution is 2.38. The summed E-state index contributed by atoms with van der Waals surface area (Å²) in [6, 6.07) is 10.3. The Morgan fingerprint density at radius 1 is 0.871 bits per heavy atom. The lowest BCUT2D eigenvalue weighted by atomic mass is 10.0. The first-order valence-corrected chi connectivity index (χ1v) is 10.0. The van der Waals surface area contributed by atoms with Crippen LogP contribution in [-0.2, 0) is 0 Å². The third kappa shape index (κ3) is 5.02. The van der Waals surface area contributed by atoms with Crippen LogP contribution in [0.2, 0.25) is 0 Å². The molecule has 0 aliphatic carbocycles. The van der Waals surface area contributed by atoms with E-state index in [1.807, 2.05) is 6.07 Å². The number of nitrogens with zero attached hydrogens (tertiary/aromatic N) is 1. The fourth-order valence-corrected chi connectivity index (χ4v) is 3.65. The largest absolute Gasteiger partial charge is 0.497 e. The fraction of sp³-hybridized carbons (Fsp3) is 0.391. The van der Waals surface area contributed by atoms with E-state index in [9.17, 15) is 9.59 Å². The molecule has 3 rings (SSSR count). The Kier molecular flexibility index (Phi) is 7.23. The second-order valence-corrected chi connectivity index (χ2v) is 7.19. The van der Waals surface area contributed by atoms with Crippen LogP contribution in [0.25, 0.3) is 0 Å². The molecule has 8 nitrogen and oxygen atoms in total. The highest BCUT2D eigenvalue weighted by molar-refractivity contribution is 5.96. The van der Waals surface area contributed by atoms with Gasteiger partial charge in [-0.05, 0) is 43.2 Å². The van der Waals surface area contributed by atoms with Gasteiger partial charge in [0.05, 0.1) is 28.4 Å². The zero-order valence-corrected chi connectivity index (χ0v) is 18.3. The molecule has 1 aliphatic heterocycles. The van der Waals surface area contributed by atoms with Crippen molar-refractivity contribution in [2.24, 2.45) is 0 Å². The smallest absolute Gasteiger partial charge is 0.253 e. The topological polar surface area (TPSA) is 86.3 Å². The number of carbonyl (C=O) groups is 2. The number of ether oxygens (including phenoxy) is 4. The van der Waals surface area contributed by atoms with Crippen molar-refractivity contribution < 1.29 is 28.5 Å². The van der Waals surface area contributed by atoms with Gasteiger partial charge in [0.15, 0.2) is 11.5 Å². The van der Waals surface area contributed by atoms with Crippen LogP contribution in [0.1, 0.15) is 33.6 Å². The van der Waals surface area contributed by atoms with Gasteiger partial charge in [-0.25, -0.2) is 0 Å². The standard InChI is InChI=1S/C23H28N2O6/c1-28-18-7-5-6-15(12-18)23(27)25-10-8-17(9-11-25)24-22(26)16-13-19(29-2)21(31-4)20(14-16)30-3/h5-7,12-14,17H,8-11H2,1-4H3,(H,24,26). The summed E-state index contributed by atoms with van der Waals surface area (Å²) in [5, 5.41) is 3.04. The number of methoxy groups -OCH3 is 4. The molecule has 2 aromatic rings. The number of benzene rings is 2. The lowest BCUT2D eigenvalue weighted by Crippen LogP contribution is -2.46. The van der Waals surface area contributed by atoms with E-state index in [0.717, 1.165) is 0 Å². The molecule has 31 heavy (non-hydrogen) atoms. The van der Waals surface area contributed by atoms with E-state index in [0.29, 0.717) is 60.1 Å². The first-order chi connectivity index (χ1) is 15.0. The number of piperidine rings is 1. The van der Waals surface area contributed by atoms with Gasteiger partial charge in [0.25, 0.3) is 11.8 Å². The van der Waals surface area contributed by atoms with Crippen LogP contribution in [0.15, 0.2) is 36.4 Å². The molecule has 2 amide bonds. The van der Waals surface area contributed by atoms with E-state index in [1.54, 1.807) is 42.3 Å². The summed E-state index contributed by atoms with van der Waals surface area (Å²) in [6.45, 7) is 1.13. The fourth-order valence-electron chi connectivity index (χ4n) is 3.65. The zero-order valence-electron chi connectivity index (χ0n) is 18.3. The molecule has 1 saturated heterocycles. The number of carbonyl (C=O) groups excluding carboxylic acids is 2. The summed E-state index contributed by atoms with van der Waals surface area (Å²) in [5.74, 6) is 1.67. The van der Waals surface area contributed by atoms with Crippen LogP contribution in [0.4, 0.5) is 0 Å². The third-order valence-electron chi connectivity index (χ3n) is 5.36. The minimum absolute atomic E-state index is 0.0269. The molecular weight excluding hydrogens is 400 g/mol. The van der Waals surface area contributed by atoms with Crippen molar-refractivity contribution in [3.8, 4) is 23.0 Å². The SMILES string of the molecule is COc1cccc(C(=O)N2CCC(NC(=O)c3cc(OC)c(OC)c(OC)c3)CC2)c1. The van der Waals surface area contributed by atoms with Gasteiger partial charge in [-0.2, -0.15) is 0 Å². The molecule has 166 valence electrons. The Morgan fingerprint density at radius 2 is 1.52 bits per heavy atom. The van der Waals surface area contributed by atoms with E-state index in [1.165, 1.54) is 21.3 Å². The first-order valence-electron chi connectivity index (χ1n) is 10.0. The molecule has 0 aromatic heterocycles. The second kappa shape index (κ2) is 10.1. The summed E-state index contributed by atoms with van der Waals surface area (Å²) < 4.78 is 21.1. The molecule has 1 fully saturated rings. The maximum atomic E-state index is 12.8. The van der Waals surface area contributed by atoms with Gasteiger partial charge in [0.2, 0.25) is 5.75 Å². The van der Waals surface area contributed by atoms with Gasteiger partial charge < -0.3 is 29.2 Å². The minimum atomic E-state index is -0.225.